The lowest BCUT2D eigenvalue weighted by atomic mass is 10.1. The van der Waals surface area contributed by atoms with E-state index in [1.165, 1.54) is 6.07 Å². The Bertz CT molecular complexity index is 387. The molecule has 0 radical (unpaired) electrons. The standard InChI is InChI=1S/C8H7NO5/c10-3-4-1-2-9-6(8(13)14)5(4)7(11)12/h1-2,10H,3H2,(H,11,12)(H,13,14). The molecule has 0 aliphatic carbocycles. The lowest BCUT2D eigenvalue weighted by molar-refractivity contribution is 0.0643. The number of aliphatic hydroxyl groups is 1. The lowest BCUT2D eigenvalue weighted by Gasteiger charge is -2.04. The Balaban J connectivity index is 3.43. The van der Waals surface area contributed by atoms with Gasteiger partial charge in [-0.05, 0) is 11.6 Å². The molecule has 1 aromatic heterocycles. The van der Waals surface area contributed by atoms with Crippen LogP contribution < -0.4 is 0 Å². The van der Waals surface area contributed by atoms with Crippen molar-refractivity contribution in [2.75, 3.05) is 0 Å². The van der Waals surface area contributed by atoms with Crippen LogP contribution in [0, 0.1) is 0 Å². The van der Waals surface area contributed by atoms with Crippen molar-refractivity contribution < 1.29 is 24.9 Å². The first-order valence-corrected chi connectivity index (χ1v) is 3.63. The molecule has 14 heavy (non-hydrogen) atoms. The molecular formula is C8H7NO5. The second-order valence-electron chi connectivity index (χ2n) is 2.46. The minimum Gasteiger partial charge on any atom is -0.478 e. The Morgan fingerprint density at radius 3 is 2.36 bits per heavy atom. The van der Waals surface area contributed by atoms with Crippen molar-refractivity contribution in [1.82, 2.24) is 4.98 Å². The molecule has 6 nitrogen and oxygen atoms in total. The van der Waals surface area contributed by atoms with Crippen LogP contribution in [0.25, 0.3) is 0 Å². The Hall–Kier alpha value is -1.95. The summed E-state index contributed by atoms with van der Waals surface area (Å²) in [7, 11) is 0. The van der Waals surface area contributed by atoms with Gasteiger partial charge in [0.15, 0.2) is 5.69 Å². The largest absolute Gasteiger partial charge is 0.478 e. The summed E-state index contributed by atoms with van der Waals surface area (Å²) < 4.78 is 0. The number of aromatic carboxylic acids is 2. The number of carboxylic acid groups (broad SMARTS) is 2. The molecular weight excluding hydrogens is 190 g/mol. The monoisotopic (exact) mass is 197 g/mol. The number of rotatable bonds is 3. The van der Waals surface area contributed by atoms with Crippen LogP contribution in [0.1, 0.15) is 26.4 Å². The van der Waals surface area contributed by atoms with E-state index in [9.17, 15) is 9.59 Å². The number of pyridine rings is 1. The Kier molecular flexibility index (Phi) is 2.78. The minimum atomic E-state index is -1.43. The van der Waals surface area contributed by atoms with Crippen molar-refractivity contribution in [2.45, 2.75) is 6.61 Å². The number of carbonyl (C=O) groups is 2. The van der Waals surface area contributed by atoms with Crippen LogP contribution in [-0.2, 0) is 6.61 Å². The van der Waals surface area contributed by atoms with E-state index < -0.39 is 29.8 Å². The van der Waals surface area contributed by atoms with E-state index in [2.05, 4.69) is 4.98 Å². The molecule has 0 saturated carbocycles. The fourth-order valence-electron chi connectivity index (χ4n) is 1.03. The van der Waals surface area contributed by atoms with Crippen LogP contribution >= 0.6 is 0 Å². The van der Waals surface area contributed by atoms with Gasteiger partial charge in [-0.2, -0.15) is 0 Å². The molecule has 0 bridgehead atoms. The van der Waals surface area contributed by atoms with Crippen LogP contribution in [0.2, 0.25) is 0 Å². The SMILES string of the molecule is O=C(O)c1nccc(CO)c1C(=O)O. The second kappa shape index (κ2) is 3.84. The third-order valence-corrected chi connectivity index (χ3v) is 1.62. The van der Waals surface area contributed by atoms with Gasteiger partial charge in [0.2, 0.25) is 0 Å². The van der Waals surface area contributed by atoms with Gasteiger partial charge in [-0.15, -0.1) is 0 Å². The topological polar surface area (TPSA) is 108 Å². The van der Waals surface area contributed by atoms with Crippen LogP contribution in [0.5, 0.6) is 0 Å². The highest BCUT2D eigenvalue weighted by Crippen LogP contribution is 2.12. The molecule has 0 atom stereocenters. The molecule has 74 valence electrons. The zero-order valence-corrected chi connectivity index (χ0v) is 6.97. The normalized spacial score (nSPS) is 9.79. The van der Waals surface area contributed by atoms with Gasteiger partial charge in [0.05, 0.1) is 12.2 Å². The molecule has 1 rings (SSSR count). The van der Waals surface area contributed by atoms with E-state index in [-0.39, 0.29) is 5.56 Å². The number of carboxylic acids is 2. The fourth-order valence-corrected chi connectivity index (χ4v) is 1.03. The maximum atomic E-state index is 10.7. The van der Waals surface area contributed by atoms with Gasteiger partial charge < -0.3 is 15.3 Å². The molecule has 1 heterocycles. The fraction of sp³-hybridized carbons (Fsp3) is 0.125. The van der Waals surface area contributed by atoms with Crippen molar-refractivity contribution in [1.29, 1.82) is 0 Å². The molecule has 0 aliphatic rings. The van der Waals surface area contributed by atoms with Gasteiger partial charge in [-0.25, -0.2) is 14.6 Å². The summed E-state index contributed by atoms with van der Waals surface area (Å²) in [6.07, 6.45) is 1.14. The number of aromatic nitrogens is 1. The average molecular weight is 197 g/mol. The molecule has 3 N–H and O–H groups in total. The molecule has 6 heteroatoms. The summed E-state index contributed by atoms with van der Waals surface area (Å²) in [5.74, 6) is -2.85. The zero-order valence-electron chi connectivity index (χ0n) is 6.97. The van der Waals surface area contributed by atoms with Gasteiger partial charge >= 0.3 is 11.9 Å². The third-order valence-electron chi connectivity index (χ3n) is 1.62. The second-order valence-corrected chi connectivity index (χ2v) is 2.46. The average Bonchev–Trinajstić information content (AvgIpc) is 2.16. The van der Waals surface area contributed by atoms with E-state index in [4.69, 9.17) is 15.3 Å². The highest BCUT2D eigenvalue weighted by atomic mass is 16.4. The van der Waals surface area contributed by atoms with Crippen molar-refractivity contribution >= 4 is 11.9 Å². The molecule has 0 unspecified atom stereocenters. The summed E-state index contributed by atoms with van der Waals surface area (Å²) in [6.45, 7) is -0.537. The highest BCUT2D eigenvalue weighted by Gasteiger charge is 2.20. The van der Waals surface area contributed by atoms with Gasteiger partial charge in [0.25, 0.3) is 0 Å². The highest BCUT2D eigenvalue weighted by molar-refractivity contribution is 6.01. The maximum Gasteiger partial charge on any atom is 0.355 e. The molecule has 1 aromatic rings. The molecule has 0 spiro atoms. The predicted octanol–water partition coefficient (Wildman–Crippen LogP) is -0.0297. The van der Waals surface area contributed by atoms with E-state index in [0.717, 1.165) is 6.20 Å². The Morgan fingerprint density at radius 2 is 1.93 bits per heavy atom. The summed E-state index contributed by atoms with van der Waals surface area (Å²) in [6, 6.07) is 1.26. The first-order chi connectivity index (χ1) is 6.57. The maximum absolute atomic E-state index is 10.7. The van der Waals surface area contributed by atoms with Crippen molar-refractivity contribution in [2.24, 2.45) is 0 Å². The van der Waals surface area contributed by atoms with Crippen molar-refractivity contribution in [3.05, 3.63) is 29.1 Å². The predicted molar refractivity (Wildman–Crippen MR) is 44.1 cm³/mol. The van der Waals surface area contributed by atoms with Crippen LogP contribution in [0.15, 0.2) is 12.3 Å². The smallest absolute Gasteiger partial charge is 0.355 e. The van der Waals surface area contributed by atoms with E-state index in [0.29, 0.717) is 0 Å². The lowest BCUT2D eigenvalue weighted by Crippen LogP contribution is -2.13. The van der Waals surface area contributed by atoms with Gasteiger partial charge in [-0.3, -0.25) is 0 Å². The summed E-state index contributed by atoms with van der Waals surface area (Å²) in [4.78, 5) is 24.7. The summed E-state index contributed by atoms with van der Waals surface area (Å²) in [5.41, 5.74) is -1.00. The van der Waals surface area contributed by atoms with Gasteiger partial charge in [0.1, 0.15) is 0 Å². The molecule has 0 aromatic carbocycles. The molecule has 0 saturated heterocycles. The number of aliphatic hydroxyl groups excluding tert-OH is 1. The summed E-state index contributed by atoms with van der Waals surface area (Å²) in [5, 5.41) is 26.1. The Morgan fingerprint density at radius 1 is 1.29 bits per heavy atom. The van der Waals surface area contributed by atoms with E-state index in [1.54, 1.807) is 0 Å². The van der Waals surface area contributed by atoms with Gasteiger partial charge in [-0.1, -0.05) is 0 Å². The van der Waals surface area contributed by atoms with E-state index >= 15 is 0 Å². The Labute approximate surface area is 78.5 Å². The molecule has 0 amide bonds. The molecule has 0 aliphatic heterocycles. The third kappa shape index (κ3) is 1.69. The van der Waals surface area contributed by atoms with Crippen molar-refractivity contribution in [3.8, 4) is 0 Å². The van der Waals surface area contributed by atoms with Gasteiger partial charge in [0, 0.05) is 6.20 Å². The van der Waals surface area contributed by atoms with Crippen molar-refractivity contribution in [3.63, 3.8) is 0 Å². The van der Waals surface area contributed by atoms with Crippen LogP contribution in [0.3, 0.4) is 0 Å². The quantitative estimate of drug-likeness (QED) is 0.628. The van der Waals surface area contributed by atoms with Crippen LogP contribution in [0.4, 0.5) is 0 Å². The van der Waals surface area contributed by atoms with E-state index in [1.807, 2.05) is 0 Å². The number of nitrogens with zero attached hydrogens (tertiary/aromatic N) is 1. The zero-order chi connectivity index (χ0) is 10.7. The minimum absolute atomic E-state index is 0.0323. The molecule has 0 fully saturated rings. The van der Waals surface area contributed by atoms with Crippen LogP contribution in [-0.4, -0.2) is 32.2 Å². The number of hydrogen-bond donors (Lipinski definition) is 3. The number of hydrogen-bond acceptors (Lipinski definition) is 4. The first-order valence-electron chi connectivity index (χ1n) is 3.63. The first kappa shape index (κ1) is 10.1. The summed E-state index contributed by atoms with van der Waals surface area (Å²) >= 11 is 0.